The number of nitrogens with zero attached hydrogens (tertiary/aromatic N) is 1. The van der Waals surface area contributed by atoms with Crippen molar-refractivity contribution in [1.82, 2.24) is 4.90 Å². The molecule has 3 aromatic carbocycles. The number of amides is 2. The van der Waals surface area contributed by atoms with Crippen molar-refractivity contribution in [3.05, 3.63) is 89.0 Å². The van der Waals surface area contributed by atoms with Gasteiger partial charge in [-0.05, 0) is 65.8 Å². The van der Waals surface area contributed by atoms with Crippen LogP contribution in [0.4, 0.5) is 14.5 Å². The summed E-state index contributed by atoms with van der Waals surface area (Å²) in [6.07, 6.45) is 1.85. The Kier molecular flexibility index (Phi) is 5.21. The highest BCUT2D eigenvalue weighted by Crippen LogP contribution is 2.37. The van der Waals surface area contributed by atoms with Crippen LogP contribution in [0, 0.1) is 17.6 Å². The Balaban J connectivity index is 1.20. The Morgan fingerprint density at radius 3 is 2.41 bits per heavy atom. The Labute approximate surface area is 184 Å². The predicted molar refractivity (Wildman–Crippen MR) is 118 cm³/mol. The minimum absolute atomic E-state index is 0.0690. The molecule has 162 valence electrons. The molecule has 1 fully saturated rings. The summed E-state index contributed by atoms with van der Waals surface area (Å²) in [7, 11) is 0. The second-order valence-electron chi connectivity index (χ2n) is 8.39. The number of benzene rings is 3. The van der Waals surface area contributed by atoms with Gasteiger partial charge in [0.1, 0.15) is 11.6 Å². The minimum Gasteiger partial charge on any atom is -0.339 e. The van der Waals surface area contributed by atoms with Crippen LogP contribution in [0.1, 0.15) is 34.3 Å². The molecule has 0 atom stereocenters. The monoisotopic (exact) mass is 432 g/mol. The molecule has 0 unspecified atom stereocenters. The van der Waals surface area contributed by atoms with Gasteiger partial charge in [0.05, 0.1) is 5.56 Å². The Bertz CT molecular complexity index is 1220. The number of carbonyl (C=O) groups excluding carboxylic acids is 2. The second kappa shape index (κ2) is 8.19. The summed E-state index contributed by atoms with van der Waals surface area (Å²) >= 11 is 0. The van der Waals surface area contributed by atoms with Gasteiger partial charge in [0.25, 0.3) is 5.91 Å². The first-order chi connectivity index (χ1) is 15.5. The number of anilines is 1. The molecule has 1 aliphatic carbocycles. The van der Waals surface area contributed by atoms with Crippen molar-refractivity contribution < 1.29 is 18.4 Å². The van der Waals surface area contributed by atoms with Crippen molar-refractivity contribution in [2.24, 2.45) is 5.92 Å². The van der Waals surface area contributed by atoms with E-state index in [4.69, 9.17) is 0 Å². The van der Waals surface area contributed by atoms with Crippen LogP contribution in [0.5, 0.6) is 0 Å². The molecule has 0 saturated carbocycles. The van der Waals surface area contributed by atoms with Crippen LogP contribution in [0.25, 0.3) is 11.1 Å². The molecule has 2 aliphatic rings. The van der Waals surface area contributed by atoms with E-state index in [0.29, 0.717) is 32.0 Å². The molecule has 32 heavy (non-hydrogen) atoms. The fourth-order valence-electron chi connectivity index (χ4n) is 4.65. The first kappa shape index (κ1) is 20.4. The van der Waals surface area contributed by atoms with E-state index in [1.807, 2.05) is 24.3 Å². The molecule has 0 bridgehead atoms. The quantitative estimate of drug-likeness (QED) is 0.494. The summed E-state index contributed by atoms with van der Waals surface area (Å²) in [6, 6.07) is 17.3. The average Bonchev–Trinajstić information content (AvgIpc) is 3.16. The van der Waals surface area contributed by atoms with Gasteiger partial charge < -0.3 is 10.2 Å². The molecule has 0 spiro atoms. The molecule has 1 saturated heterocycles. The van der Waals surface area contributed by atoms with Crippen LogP contribution in [0.3, 0.4) is 0 Å². The van der Waals surface area contributed by atoms with Gasteiger partial charge in [-0.25, -0.2) is 8.78 Å². The van der Waals surface area contributed by atoms with Crippen molar-refractivity contribution in [1.29, 1.82) is 0 Å². The molecule has 1 N–H and O–H groups in total. The fourth-order valence-corrected chi connectivity index (χ4v) is 4.65. The molecule has 5 rings (SSSR count). The number of fused-ring (bicyclic) bond motifs is 3. The lowest BCUT2D eigenvalue weighted by atomic mass is 9.95. The number of hydrogen-bond acceptors (Lipinski definition) is 2. The number of hydrogen-bond donors (Lipinski definition) is 1. The first-order valence-corrected chi connectivity index (χ1v) is 10.8. The van der Waals surface area contributed by atoms with E-state index in [0.717, 1.165) is 24.2 Å². The number of nitrogens with one attached hydrogen (secondary N) is 1. The van der Waals surface area contributed by atoms with Gasteiger partial charge in [0, 0.05) is 30.8 Å². The van der Waals surface area contributed by atoms with E-state index in [1.54, 1.807) is 0 Å². The molecule has 3 aromatic rings. The Morgan fingerprint density at radius 1 is 0.875 bits per heavy atom. The lowest BCUT2D eigenvalue weighted by Gasteiger charge is -2.31. The van der Waals surface area contributed by atoms with Crippen molar-refractivity contribution in [2.45, 2.75) is 19.3 Å². The van der Waals surface area contributed by atoms with Gasteiger partial charge in [-0.2, -0.15) is 0 Å². The number of likely N-dealkylation sites (tertiary alicyclic amines) is 1. The van der Waals surface area contributed by atoms with Crippen molar-refractivity contribution in [3.8, 4) is 11.1 Å². The molecule has 1 aliphatic heterocycles. The third kappa shape index (κ3) is 3.77. The molecule has 0 aromatic heterocycles. The summed E-state index contributed by atoms with van der Waals surface area (Å²) in [5.74, 6) is -2.35. The van der Waals surface area contributed by atoms with Gasteiger partial charge >= 0.3 is 0 Å². The highest BCUT2D eigenvalue weighted by molar-refractivity contribution is 5.96. The summed E-state index contributed by atoms with van der Waals surface area (Å²) < 4.78 is 27.0. The highest BCUT2D eigenvalue weighted by Gasteiger charge is 2.29. The summed E-state index contributed by atoms with van der Waals surface area (Å²) in [6.45, 7) is 0.709. The third-order valence-corrected chi connectivity index (χ3v) is 6.38. The van der Waals surface area contributed by atoms with E-state index in [-0.39, 0.29) is 17.4 Å². The zero-order valence-electron chi connectivity index (χ0n) is 17.4. The van der Waals surface area contributed by atoms with Crippen LogP contribution >= 0.6 is 0 Å². The largest absolute Gasteiger partial charge is 0.339 e. The van der Waals surface area contributed by atoms with Crippen LogP contribution in [-0.2, 0) is 11.2 Å². The van der Waals surface area contributed by atoms with Crippen molar-refractivity contribution >= 4 is 17.5 Å². The Morgan fingerprint density at radius 2 is 1.62 bits per heavy atom. The van der Waals surface area contributed by atoms with Crippen molar-refractivity contribution in [3.63, 3.8) is 0 Å². The van der Waals surface area contributed by atoms with Gasteiger partial charge in [-0.1, -0.05) is 30.3 Å². The standard InChI is InChI=1S/C26H22F2N2O2/c27-19-5-7-23(24(28)15-19)26(32)30-11-9-16(10-12-30)25(31)29-20-6-8-22-18(14-20)13-17-3-1-2-4-21(17)22/h1-8,14-16H,9-13H2,(H,29,31). The molecule has 4 nitrogen and oxygen atoms in total. The zero-order chi connectivity index (χ0) is 22.2. The van der Waals surface area contributed by atoms with Gasteiger partial charge in [-0.15, -0.1) is 0 Å². The van der Waals surface area contributed by atoms with Gasteiger partial charge in [-0.3, -0.25) is 9.59 Å². The number of carbonyl (C=O) groups is 2. The topological polar surface area (TPSA) is 49.4 Å². The maximum absolute atomic E-state index is 13.9. The zero-order valence-corrected chi connectivity index (χ0v) is 17.4. The van der Waals surface area contributed by atoms with Crippen molar-refractivity contribution in [2.75, 3.05) is 18.4 Å². The minimum atomic E-state index is -0.867. The smallest absolute Gasteiger partial charge is 0.256 e. The molecular formula is C26H22F2N2O2. The molecule has 0 radical (unpaired) electrons. The predicted octanol–water partition coefficient (Wildman–Crippen LogP) is 5.03. The van der Waals surface area contributed by atoms with Crippen LogP contribution in [0.15, 0.2) is 60.7 Å². The summed E-state index contributed by atoms with van der Waals surface area (Å²) in [5, 5.41) is 3.02. The highest BCUT2D eigenvalue weighted by atomic mass is 19.1. The lowest BCUT2D eigenvalue weighted by Crippen LogP contribution is -2.41. The van der Waals surface area contributed by atoms with E-state index in [1.165, 1.54) is 27.2 Å². The maximum atomic E-state index is 13.9. The van der Waals surface area contributed by atoms with Gasteiger partial charge in [0.15, 0.2) is 0 Å². The normalized spacial score (nSPS) is 15.2. The third-order valence-electron chi connectivity index (χ3n) is 6.38. The lowest BCUT2D eigenvalue weighted by molar-refractivity contribution is -0.121. The van der Waals surface area contributed by atoms with E-state index in [9.17, 15) is 18.4 Å². The summed E-state index contributed by atoms with van der Waals surface area (Å²) in [4.78, 5) is 26.9. The molecule has 2 amide bonds. The molecule has 1 heterocycles. The average molecular weight is 432 g/mol. The number of halogens is 2. The first-order valence-electron chi connectivity index (χ1n) is 10.8. The van der Waals surface area contributed by atoms with E-state index < -0.39 is 17.5 Å². The summed E-state index contributed by atoms with van der Waals surface area (Å²) in [5.41, 5.74) is 5.57. The number of piperidine rings is 1. The van der Waals surface area contributed by atoms with Crippen LogP contribution < -0.4 is 5.32 Å². The number of rotatable bonds is 3. The second-order valence-corrected chi connectivity index (χ2v) is 8.39. The van der Waals surface area contributed by atoms with Crippen LogP contribution in [-0.4, -0.2) is 29.8 Å². The molecular weight excluding hydrogens is 410 g/mol. The van der Waals surface area contributed by atoms with E-state index >= 15 is 0 Å². The SMILES string of the molecule is O=C(Nc1ccc2c(c1)Cc1ccccc1-2)C1CCN(C(=O)c2ccc(F)cc2F)CC1. The van der Waals surface area contributed by atoms with Crippen LogP contribution in [0.2, 0.25) is 0 Å². The Hall–Kier alpha value is -3.54. The fraction of sp³-hybridized carbons (Fsp3) is 0.231. The molecule has 6 heteroatoms. The maximum Gasteiger partial charge on any atom is 0.256 e. The van der Waals surface area contributed by atoms with E-state index in [2.05, 4.69) is 23.5 Å². The van der Waals surface area contributed by atoms with Gasteiger partial charge in [0.2, 0.25) is 5.91 Å².